The van der Waals surface area contributed by atoms with Crippen LogP contribution in [0, 0.1) is 6.92 Å². The number of aromatic nitrogens is 1. The van der Waals surface area contributed by atoms with Crippen LogP contribution in [0.3, 0.4) is 0 Å². The minimum atomic E-state index is -0.400. The molecule has 3 N–H and O–H groups in total. The Morgan fingerprint density at radius 3 is 2.59 bits per heavy atom. The van der Waals surface area contributed by atoms with Crippen LogP contribution in [0.5, 0.6) is 5.75 Å². The number of rotatable bonds is 6. The van der Waals surface area contributed by atoms with Crippen molar-refractivity contribution >= 4 is 51.4 Å². The number of urea groups is 1. The van der Waals surface area contributed by atoms with Gasteiger partial charge in [-0.1, -0.05) is 29.3 Å². The van der Waals surface area contributed by atoms with E-state index in [0.717, 1.165) is 5.56 Å². The molecule has 0 bridgehead atoms. The van der Waals surface area contributed by atoms with Crippen LogP contribution in [0.4, 0.5) is 21.3 Å². The zero-order valence-electron chi connectivity index (χ0n) is 15.8. The van der Waals surface area contributed by atoms with E-state index in [-0.39, 0.29) is 12.3 Å². The zero-order chi connectivity index (χ0) is 20.8. The summed E-state index contributed by atoms with van der Waals surface area (Å²) in [5.74, 6) is 0.239. The SMILES string of the molecule is COc1ccc(Cl)cc1NC(=O)Cc1csc(NC(=O)Nc2ccc(C)cc2)n1. The third-order valence-corrected chi connectivity index (χ3v) is 4.90. The molecular weight excluding hydrogens is 412 g/mol. The van der Waals surface area contributed by atoms with Crippen molar-refractivity contribution in [2.45, 2.75) is 13.3 Å². The largest absolute Gasteiger partial charge is 0.495 e. The average molecular weight is 431 g/mol. The summed E-state index contributed by atoms with van der Waals surface area (Å²) in [6.07, 6.45) is 0.0490. The second-order valence-electron chi connectivity index (χ2n) is 6.16. The molecule has 2 aromatic carbocycles. The number of benzene rings is 2. The molecule has 7 nitrogen and oxygen atoms in total. The fourth-order valence-corrected chi connectivity index (χ4v) is 3.36. The zero-order valence-corrected chi connectivity index (χ0v) is 17.4. The van der Waals surface area contributed by atoms with E-state index in [0.29, 0.717) is 33.0 Å². The fourth-order valence-electron chi connectivity index (χ4n) is 2.48. The number of halogens is 1. The van der Waals surface area contributed by atoms with Crippen LogP contribution in [0.1, 0.15) is 11.3 Å². The summed E-state index contributed by atoms with van der Waals surface area (Å²) < 4.78 is 5.21. The van der Waals surface area contributed by atoms with E-state index in [9.17, 15) is 9.59 Å². The Bertz CT molecular complexity index is 1020. The van der Waals surface area contributed by atoms with E-state index >= 15 is 0 Å². The lowest BCUT2D eigenvalue weighted by Gasteiger charge is -2.10. The van der Waals surface area contributed by atoms with E-state index in [4.69, 9.17) is 16.3 Å². The van der Waals surface area contributed by atoms with Crippen LogP contribution in [0.25, 0.3) is 0 Å². The van der Waals surface area contributed by atoms with Crippen LogP contribution in [-0.4, -0.2) is 24.0 Å². The van der Waals surface area contributed by atoms with Gasteiger partial charge in [0.15, 0.2) is 5.13 Å². The highest BCUT2D eigenvalue weighted by molar-refractivity contribution is 7.14. The van der Waals surface area contributed by atoms with Crippen molar-refractivity contribution in [1.82, 2.24) is 4.98 Å². The highest BCUT2D eigenvalue weighted by atomic mass is 35.5. The van der Waals surface area contributed by atoms with Crippen molar-refractivity contribution in [3.63, 3.8) is 0 Å². The molecule has 0 atom stereocenters. The van der Waals surface area contributed by atoms with Gasteiger partial charge in [0.05, 0.1) is 24.9 Å². The summed E-state index contributed by atoms with van der Waals surface area (Å²) in [5, 5.41) is 10.8. The third kappa shape index (κ3) is 5.94. The summed E-state index contributed by atoms with van der Waals surface area (Å²) in [6, 6.07) is 12.0. The second-order valence-corrected chi connectivity index (χ2v) is 7.45. The molecule has 3 rings (SSSR count). The van der Waals surface area contributed by atoms with Crippen molar-refractivity contribution in [2.75, 3.05) is 23.1 Å². The summed E-state index contributed by atoms with van der Waals surface area (Å²) in [5.41, 5.74) is 2.81. The highest BCUT2D eigenvalue weighted by Crippen LogP contribution is 2.28. The molecule has 150 valence electrons. The van der Waals surface area contributed by atoms with E-state index < -0.39 is 6.03 Å². The van der Waals surface area contributed by atoms with Crippen LogP contribution < -0.4 is 20.7 Å². The first-order chi connectivity index (χ1) is 13.9. The monoisotopic (exact) mass is 430 g/mol. The van der Waals surface area contributed by atoms with E-state index in [1.165, 1.54) is 18.4 Å². The topological polar surface area (TPSA) is 92.4 Å². The van der Waals surface area contributed by atoms with Gasteiger partial charge in [-0.15, -0.1) is 11.3 Å². The summed E-state index contributed by atoms with van der Waals surface area (Å²) in [7, 11) is 1.51. The Morgan fingerprint density at radius 1 is 1.10 bits per heavy atom. The lowest BCUT2D eigenvalue weighted by Crippen LogP contribution is -2.19. The average Bonchev–Trinajstić information content (AvgIpc) is 3.10. The summed E-state index contributed by atoms with van der Waals surface area (Å²) >= 11 is 7.21. The standard InChI is InChI=1S/C20H19ClN4O3S/c1-12-3-6-14(7-4-12)22-19(27)25-20-23-15(11-29-20)10-18(26)24-16-9-13(21)5-8-17(16)28-2/h3-9,11H,10H2,1-2H3,(H,24,26)(H2,22,23,25,27). The first-order valence-corrected chi connectivity index (χ1v) is 9.91. The molecule has 0 fully saturated rings. The molecule has 0 saturated carbocycles. The number of carbonyl (C=O) groups excluding carboxylic acids is 2. The van der Waals surface area contributed by atoms with Crippen molar-refractivity contribution in [3.05, 3.63) is 64.1 Å². The molecule has 3 amide bonds. The molecule has 0 unspecified atom stereocenters. The molecule has 3 aromatic rings. The van der Waals surface area contributed by atoms with Gasteiger partial charge in [-0.05, 0) is 37.3 Å². The van der Waals surface area contributed by atoms with Gasteiger partial charge >= 0.3 is 6.03 Å². The molecule has 0 saturated heterocycles. The van der Waals surface area contributed by atoms with Gasteiger partial charge in [-0.3, -0.25) is 10.1 Å². The summed E-state index contributed by atoms with van der Waals surface area (Å²) in [6.45, 7) is 1.97. The first-order valence-electron chi connectivity index (χ1n) is 8.65. The van der Waals surface area contributed by atoms with E-state index in [2.05, 4.69) is 20.9 Å². The maximum absolute atomic E-state index is 12.3. The third-order valence-electron chi connectivity index (χ3n) is 3.86. The van der Waals surface area contributed by atoms with Gasteiger partial charge in [0, 0.05) is 16.1 Å². The number of nitrogens with one attached hydrogen (secondary N) is 3. The smallest absolute Gasteiger partial charge is 0.325 e. The number of hydrogen-bond acceptors (Lipinski definition) is 5. The minimum absolute atomic E-state index is 0.0490. The number of thiazole rings is 1. The van der Waals surface area contributed by atoms with Gasteiger partial charge in [0.1, 0.15) is 5.75 Å². The number of ether oxygens (including phenoxy) is 1. The molecule has 0 aliphatic heterocycles. The van der Waals surface area contributed by atoms with E-state index in [1.807, 2.05) is 31.2 Å². The number of anilines is 3. The predicted octanol–water partition coefficient (Wildman–Crippen LogP) is 4.94. The maximum Gasteiger partial charge on any atom is 0.325 e. The maximum atomic E-state index is 12.3. The Kier molecular flexibility index (Phi) is 6.69. The van der Waals surface area contributed by atoms with Crippen LogP contribution >= 0.6 is 22.9 Å². The second kappa shape index (κ2) is 9.40. The Morgan fingerprint density at radius 2 is 1.86 bits per heavy atom. The van der Waals surface area contributed by atoms with Crippen LogP contribution in [-0.2, 0) is 11.2 Å². The Balaban J connectivity index is 1.55. The number of hydrogen-bond donors (Lipinski definition) is 3. The molecular formula is C20H19ClN4O3S. The molecule has 29 heavy (non-hydrogen) atoms. The van der Waals surface area contributed by atoms with Crippen molar-refractivity contribution < 1.29 is 14.3 Å². The first kappa shape index (κ1) is 20.6. The molecule has 9 heteroatoms. The van der Waals surface area contributed by atoms with Crippen LogP contribution in [0.2, 0.25) is 5.02 Å². The lowest BCUT2D eigenvalue weighted by molar-refractivity contribution is -0.115. The van der Waals surface area contributed by atoms with Gasteiger partial charge in [-0.25, -0.2) is 9.78 Å². The quantitative estimate of drug-likeness (QED) is 0.516. The number of nitrogens with zero attached hydrogens (tertiary/aromatic N) is 1. The lowest BCUT2D eigenvalue weighted by atomic mass is 10.2. The van der Waals surface area contributed by atoms with Crippen LogP contribution in [0.15, 0.2) is 47.8 Å². The van der Waals surface area contributed by atoms with Crippen molar-refractivity contribution in [1.29, 1.82) is 0 Å². The molecule has 1 aromatic heterocycles. The van der Waals surface area contributed by atoms with Gasteiger partial charge in [0.25, 0.3) is 0 Å². The fraction of sp³-hybridized carbons (Fsp3) is 0.150. The van der Waals surface area contributed by atoms with Gasteiger partial charge in [-0.2, -0.15) is 0 Å². The van der Waals surface area contributed by atoms with Gasteiger partial charge in [0.2, 0.25) is 5.91 Å². The Labute approximate surface area is 177 Å². The highest BCUT2D eigenvalue weighted by Gasteiger charge is 2.12. The Hall–Kier alpha value is -3.10. The predicted molar refractivity (Wildman–Crippen MR) is 116 cm³/mol. The molecule has 0 radical (unpaired) electrons. The number of methoxy groups -OCH3 is 1. The minimum Gasteiger partial charge on any atom is -0.495 e. The molecule has 0 aliphatic rings. The number of carbonyl (C=O) groups is 2. The van der Waals surface area contributed by atoms with Crippen molar-refractivity contribution in [2.24, 2.45) is 0 Å². The number of aryl methyl sites for hydroxylation is 1. The van der Waals surface area contributed by atoms with Gasteiger partial charge < -0.3 is 15.4 Å². The summed E-state index contributed by atoms with van der Waals surface area (Å²) in [4.78, 5) is 28.7. The molecule has 0 spiro atoms. The number of amides is 3. The molecule has 0 aliphatic carbocycles. The van der Waals surface area contributed by atoms with E-state index in [1.54, 1.807) is 23.6 Å². The van der Waals surface area contributed by atoms with Crippen molar-refractivity contribution in [3.8, 4) is 5.75 Å². The normalized spacial score (nSPS) is 10.3. The molecule has 1 heterocycles.